The van der Waals surface area contributed by atoms with Crippen LogP contribution in [0.1, 0.15) is 15.4 Å². The summed E-state index contributed by atoms with van der Waals surface area (Å²) in [6.45, 7) is 4.07. The lowest BCUT2D eigenvalue weighted by Crippen LogP contribution is -1.91. The van der Waals surface area contributed by atoms with Crippen molar-refractivity contribution in [1.29, 1.82) is 0 Å². The molecule has 0 N–H and O–H groups in total. The molecule has 0 amide bonds. The van der Waals surface area contributed by atoms with Crippen molar-refractivity contribution >= 4 is 22.9 Å². The number of hydrogen-bond donors (Lipinski definition) is 0. The van der Waals surface area contributed by atoms with Crippen LogP contribution in [0.4, 0.5) is 0 Å². The monoisotopic (exact) mass is 281 g/mol. The quantitative estimate of drug-likeness (QED) is 0.783. The molecule has 2 rings (SSSR count). The van der Waals surface area contributed by atoms with Crippen molar-refractivity contribution in [2.75, 3.05) is 13.0 Å². The number of nitrogens with zero attached hydrogens (tertiary/aromatic N) is 1. The van der Waals surface area contributed by atoms with Crippen molar-refractivity contribution in [2.24, 2.45) is 0 Å². The third kappa shape index (κ3) is 2.68. The van der Waals surface area contributed by atoms with Crippen molar-refractivity contribution < 1.29 is 4.74 Å². The van der Waals surface area contributed by atoms with E-state index in [-0.39, 0.29) is 0 Å². The van der Waals surface area contributed by atoms with E-state index in [2.05, 4.69) is 17.1 Å². The van der Waals surface area contributed by atoms with Crippen LogP contribution in [0.15, 0.2) is 18.2 Å². The Morgan fingerprint density at radius 1 is 1.33 bits per heavy atom. The Kier molecular flexibility index (Phi) is 4.25. The average Bonchev–Trinajstić information content (AvgIpc) is 2.71. The van der Waals surface area contributed by atoms with Crippen molar-refractivity contribution in [2.45, 2.75) is 20.3 Å². The maximum absolute atomic E-state index is 5.84. The number of alkyl halides is 1. The smallest absolute Gasteiger partial charge is 0.121 e. The molecular formula is C14H16ClNOS. The molecular weight excluding hydrogens is 266 g/mol. The van der Waals surface area contributed by atoms with Gasteiger partial charge in [0.15, 0.2) is 0 Å². The molecule has 0 atom stereocenters. The van der Waals surface area contributed by atoms with E-state index in [9.17, 15) is 0 Å². The van der Waals surface area contributed by atoms with Gasteiger partial charge in [-0.25, -0.2) is 4.98 Å². The SMILES string of the molecule is COc1ccc(-c2nc(C)sc2CCCl)cc1C. The lowest BCUT2D eigenvalue weighted by molar-refractivity contribution is 0.412. The number of methoxy groups -OCH3 is 1. The number of aryl methyl sites for hydroxylation is 3. The van der Waals surface area contributed by atoms with Crippen LogP contribution in [-0.4, -0.2) is 18.0 Å². The molecule has 1 aromatic carbocycles. The van der Waals surface area contributed by atoms with E-state index in [1.807, 2.05) is 19.9 Å². The first-order chi connectivity index (χ1) is 8.65. The number of rotatable bonds is 4. The van der Waals surface area contributed by atoms with Crippen LogP contribution in [0.3, 0.4) is 0 Å². The fourth-order valence-corrected chi connectivity index (χ4v) is 3.23. The molecule has 4 heteroatoms. The standard InChI is InChI=1S/C14H16ClNOS/c1-9-8-11(4-5-12(9)17-3)14-13(6-7-15)18-10(2)16-14/h4-5,8H,6-7H2,1-3H3. The van der Waals surface area contributed by atoms with Gasteiger partial charge in [0, 0.05) is 16.3 Å². The number of aromatic nitrogens is 1. The molecule has 2 aromatic rings. The van der Waals surface area contributed by atoms with Crippen molar-refractivity contribution in [3.05, 3.63) is 33.6 Å². The number of benzene rings is 1. The molecule has 0 saturated carbocycles. The third-order valence-corrected chi connectivity index (χ3v) is 4.01. The topological polar surface area (TPSA) is 22.1 Å². The fourth-order valence-electron chi connectivity index (χ4n) is 1.98. The summed E-state index contributed by atoms with van der Waals surface area (Å²) in [6, 6.07) is 6.16. The Bertz CT molecular complexity index is 551. The predicted molar refractivity (Wildman–Crippen MR) is 78.0 cm³/mol. The summed E-state index contributed by atoms with van der Waals surface area (Å²) in [7, 11) is 1.69. The van der Waals surface area contributed by atoms with E-state index in [4.69, 9.17) is 16.3 Å². The first kappa shape index (κ1) is 13.4. The summed E-state index contributed by atoms with van der Waals surface area (Å²) in [4.78, 5) is 5.87. The maximum atomic E-state index is 5.84. The van der Waals surface area contributed by atoms with Crippen molar-refractivity contribution in [3.63, 3.8) is 0 Å². The van der Waals surface area contributed by atoms with Gasteiger partial charge in [0.05, 0.1) is 17.8 Å². The lowest BCUT2D eigenvalue weighted by atomic mass is 10.1. The highest BCUT2D eigenvalue weighted by Gasteiger charge is 2.12. The second-order valence-electron chi connectivity index (χ2n) is 4.13. The van der Waals surface area contributed by atoms with Gasteiger partial charge in [-0.2, -0.15) is 0 Å². The van der Waals surface area contributed by atoms with Crippen LogP contribution in [0, 0.1) is 13.8 Å². The van der Waals surface area contributed by atoms with E-state index in [1.54, 1.807) is 18.4 Å². The molecule has 0 aliphatic heterocycles. The molecule has 0 unspecified atom stereocenters. The van der Waals surface area contributed by atoms with Gasteiger partial charge in [-0.05, 0) is 44.0 Å². The number of thiazole rings is 1. The Balaban J connectivity index is 2.44. The zero-order valence-electron chi connectivity index (χ0n) is 10.8. The minimum atomic E-state index is 0.629. The Morgan fingerprint density at radius 2 is 2.11 bits per heavy atom. The number of halogens is 1. The fraction of sp³-hybridized carbons (Fsp3) is 0.357. The van der Waals surface area contributed by atoms with E-state index < -0.39 is 0 Å². The molecule has 0 spiro atoms. The number of ether oxygens (including phenoxy) is 1. The molecule has 0 radical (unpaired) electrons. The predicted octanol–water partition coefficient (Wildman–Crippen LogP) is 4.22. The maximum Gasteiger partial charge on any atom is 0.121 e. The largest absolute Gasteiger partial charge is 0.496 e. The summed E-state index contributed by atoms with van der Waals surface area (Å²) < 4.78 is 5.28. The highest BCUT2D eigenvalue weighted by Crippen LogP contribution is 2.31. The van der Waals surface area contributed by atoms with Crippen molar-refractivity contribution in [1.82, 2.24) is 4.98 Å². The number of hydrogen-bond acceptors (Lipinski definition) is 3. The van der Waals surface area contributed by atoms with Gasteiger partial charge in [0.25, 0.3) is 0 Å². The Morgan fingerprint density at radius 3 is 2.72 bits per heavy atom. The highest BCUT2D eigenvalue weighted by molar-refractivity contribution is 7.12. The van der Waals surface area contributed by atoms with Crippen LogP contribution < -0.4 is 4.74 Å². The van der Waals surface area contributed by atoms with E-state index in [0.29, 0.717) is 5.88 Å². The molecule has 1 aromatic heterocycles. The highest BCUT2D eigenvalue weighted by atomic mass is 35.5. The van der Waals surface area contributed by atoms with Crippen LogP contribution in [0.25, 0.3) is 11.3 Å². The second kappa shape index (κ2) is 5.72. The molecule has 0 aliphatic rings. The molecule has 0 bridgehead atoms. The molecule has 0 fully saturated rings. The minimum absolute atomic E-state index is 0.629. The molecule has 0 saturated heterocycles. The van der Waals surface area contributed by atoms with Crippen LogP contribution in [0.2, 0.25) is 0 Å². The van der Waals surface area contributed by atoms with Gasteiger partial charge < -0.3 is 4.74 Å². The van der Waals surface area contributed by atoms with Gasteiger partial charge in [-0.3, -0.25) is 0 Å². The summed E-state index contributed by atoms with van der Waals surface area (Å²) in [5.74, 6) is 1.54. The first-order valence-electron chi connectivity index (χ1n) is 5.83. The third-order valence-electron chi connectivity index (χ3n) is 2.79. The molecule has 0 aliphatic carbocycles. The van der Waals surface area contributed by atoms with E-state index >= 15 is 0 Å². The van der Waals surface area contributed by atoms with Crippen LogP contribution in [0.5, 0.6) is 5.75 Å². The zero-order chi connectivity index (χ0) is 13.1. The summed E-state index contributed by atoms with van der Waals surface area (Å²) in [6.07, 6.45) is 0.869. The van der Waals surface area contributed by atoms with E-state index in [0.717, 1.165) is 34.0 Å². The van der Waals surface area contributed by atoms with Crippen LogP contribution >= 0.6 is 22.9 Å². The molecule has 18 heavy (non-hydrogen) atoms. The second-order valence-corrected chi connectivity index (χ2v) is 5.79. The van der Waals surface area contributed by atoms with E-state index in [1.165, 1.54) is 4.88 Å². The summed E-state index contributed by atoms with van der Waals surface area (Å²) in [5.41, 5.74) is 3.32. The molecule has 1 heterocycles. The minimum Gasteiger partial charge on any atom is -0.496 e. The molecule has 96 valence electrons. The van der Waals surface area contributed by atoms with Gasteiger partial charge >= 0.3 is 0 Å². The van der Waals surface area contributed by atoms with Crippen LogP contribution in [-0.2, 0) is 6.42 Å². The van der Waals surface area contributed by atoms with Gasteiger partial charge in [0.2, 0.25) is 0 Å². The Hall–Kier alpha value is -1.06. The first-order valence-corrected chi connectivity index (χ1v) is 7.18. The average molecular weight is 282 g/mol. The zero-order valence-corrected chi connectivity index (χ0v) is 12.4. The van der Waals surface area contributed by atoms with Gasteiger partial charge in [0.1, 0.15) is 5.75 Å². The van der Waals surface area contributed by atoms with Gasteiger partial charge in [-0.15, -0.1) is 22.9 Å². The summed E-state index contributed by atoms with van der Waals surface area (Å²) >= 11 is 7.57. The van der Waals surface area contributed by atoms with Gasteiger partial charge in [-0.1, -0.05) is 0 Å². The van der Waals surface area contributed by atoms with Crippen molar-refractivity contribution in [3.8, 4) is 17.0 Å². The molecule has 2 nitrogen and oxygen atoms in total. The Labute approximate surface area is 117 Å². The summed E-state index contributed by atoms with van der Waals surface area (Å²) in [5, 5.41) is 1.08. The lowest BCUT2D eigenvalue weighted by Gasteiger charge is -2.07. The normalized spacial score (nSPS) is 10.7.